The van der Waals surface area contributed by atoms with Gasteiger partial charge < -0.3 is 24.2 Å². The predicted octanol–water partition coefficient (Wildman–Crippen LogP) is 2.04. The Morgan fingerprint density at radius 1 is 1.21 bits per heavy atom. The molecule has 1 aliphatic heterocycles. The lowest BCUT2D eigenvalue weighted by Crippen LogP contribution is -2.39. The number of rotatable bonds is 5. The topological polar surface area (TPSA) is 122 Å². The maximum absolute atomic E-state index is 13.7. The number of aliphatic hydroxyl groups excluding tert-OH is 1. The highest BCUT2D eigenvalue weighted by molar-refractivity contribution is 6.31. The Kier molecular flexibility index (Phi) is 5.48. The second-order valence-corrected chi connectivity index (χ2v) is 9.39. The summed E-state index contributed by atoms with van der Waals surface area (Å²) in [4.78, 5) is 24.6. The van der Waals surface area contributed by atoms with E-state index in [4.69, 9.17) is 16.1 Å². The fourth-order valence-electron chi connectivity index (χ4n) is 4.23. The molecule has 0 radical (unpaired) electrons. The summed E-state index contributed by atoms with van der Waals surface area (Å²) in [6.45, 7) is 5.78. The van der Waals surface area contributed by atoms with E-state index in [1.54, 1.807) is 41.3 Å². The SMILES string of the molecule is CC(C)(O)c1nc(-c2ncn3c2c(=O)n(CCN2CCC(O)CC2)c2cc(Cl)ccc23)no1. The Morgan fingerprint density at radius 2 is 1.97 bits per heavy atom. The van der Waals surface area contributed by atoms with Gasteiger partial charge in [0.15, 0.2) is 0 Å². The summed E-state index contributed by atoms with van der Waals surface area (Å²) >= 11 is 6.27. The number of hydrogen-bond acceptors (Lipinski definition) is 8. The van der Waals surface area contributed by atoms with Gasteiger partial charge in [0.25, 0.3) is 11.4 Å². The van der Waals surface area contributed by atoms with E-state index in [1.165, 1.54) is 0 Å². The van der Waals surface area contributed by atoms with Crippen LogP contribution in [0.5, 0.6) is 0 Å². The molecule has 0 atom stereocenters. The molecule has 11 heteroatoms. The molecule has 4 aromatic rings. The standard InChI is InChI=1S/C22H25ClN6O4/c1-22(2,32)21-25-19(26-33-21)17-18-20(31)28(10-9-27-7-5-14(30)6-8-27)16-11-13(23)3-4-15(16)29(18)12-24-17/h3-4,11-12,14,30,32H,5-10H2,1-2H3. The number of halogens is 1. The summed E-state index contributed by atoms with van der Waals surface area (Å²) in [6, 6.07) is 5.39. The lowest BCUT2D eigenvalue weighted by atomic mass is 10.1. The summed E-state index contributed by atoms with van der Waals surface area (Å²) in [6.07, 6.45) is 2.76. The van der Waals surface area contributed by atoms with Crippen molar-refractivity contribution in [3.05, 3.63) is 45.8 Å². The Morgan fingerprint density at radius 3 is 2.67 bits per heavy atom. The molecule has 0 amide bonds. The van der Waals surface area contributed by atoms with Gasteiger partial charge in [-0.2, -0.15) is 4.98 Å². The number of aromatic nitrogens is 5. The molecular weight excluding hydrogens is 448 g/mol. The van der Waals surface area contributed by atoms with Crippen LogP contribution in [0.25, 0.3) is 28.1 Å². The van der Waals surface area contributed by atoms with Crippen molar-refractivity contribution in [2.75, 3.05) is 19.6 Å². The molecule has 0 spiro atoms. The van der Waals surface area contributed by atoms with E-state index in [0.29, 0.717) is 29.1 Å². The van der Waals surface area contributed by atoms with Gasteiger partial charge in [0.1, 0.15) is 23.1 Å². The van der Waals surface area contributed by atoms with Crippen LogP contribution in [0.3, 0.4) is 0 Å². The van der Waals surface area contributed by atoms with Crippen LogP contribution in [0.1, 0.15) is 32.6 Å². The number of fused-ring (bicyclic) bond motifs is 3. The minimum absolute atomic E-state index is 0.0406. The summed E-state index contributed by atoms with van der Waals surface area (Å²) in [5, 5.41) is 24.4. The van der Waals surface area contributed by atoms with E-state index in [2.05, 4.69) is 20.0 Å². The van der Waals surface area contributed by atoms with Gasteiger partial charge in [0.05, 0.1) is 17.1 Å². The highest BCUT2D eigenvalue weighted by atomic mass is 35.5. The van der Waals surface area contributed by atoms with E-state index in [0.717, 1.165) is 31.4 Å². The van der Waals surface area contributed by atoms with Crippen LogP contribution in [-0.4, -0.2) is 64.9 Å². The Balaban J connectivity index is 1.63. The van der Waals surface area contributed by atoms with Crippen LogP contribution in [-0.2, 0) is 12.1 Å². The molecule has 33 heavy (non-hydrogen) atoms. The minimum atomic E-state index is -1.31. The van der Waals surface area contributed by atoms with E-state index >= 15 is 0 Å². The third kappa shape index (κ3) is 4.04. The molecule has 4 heterocycles. The quantitative estimate of drug-likeness (QED) is 0.452. The zero-order chi connectivity index (χ0) is 23.3. The number of piperidine rings is 1. The molecule has 1 aliphatic rings. The van der Waals surface area contributed by atoms with E-state index < -0.39 is 5.60 Å². The van der Waals surface area contributed by atoms with Crippen molar-refractivity contribution >= 4 is 28.2 Å². The fraction of sp³-hybridized carbons (Fsp3) is 0.455. The third-order valence-electron chi connectivity index (χ3n) is 6.06. The summed E-state index contributed by atoms with van der Waals surface area (Å²) < 4.78 is 8.60. The van der Waals surface area contributed by atoms with Gasteiger partial charge >= 0.3 is 0 Å². The second kappa shape index (κ2) is 8.21. The Hall–Kier alpha value is -2.79. The van der Waals surface area contributed by atoms with Gasteiger partial charge in [-0.05, 0) is 44.9 Å². The smallest absolute Gasteiger partial charge is 0.277 e. The lowest BCUT2D eigenvalue weighted by Gasteiger charge is -2.29. The van der Waals surface area contributed by atoms with Gasteiger partial charge in [0.2, 0.25) is 5.82 Å². The average Bonchev–Trinajstić information content (AvgIpc) is 3.42. The van der Waals surface area contributed by atoms with Crippen molar-refractivity contribution in [1.82, 2.24) is 29.0 Å². The first kappa shape index (κ1) is 22.0. The van der Waals surface area contributed by atoms with Crippen molar-refractivity contribution in [2.45, 2.75) is 44.9 Å². The van der Waals surface area contributed by atoms with Crippen molar-refractivity contribution in [1.29, 1.82) is 0 Å². The van der Waals surface area contributed by atoms with Gasteiger partial charge in [-0.25, -0.2) is 4.98 Å². The highest BCUT2D eigenvalue weighted by Crippen LogP contribution is 2.26. The highest BCUT2D eigenvalue weighted by Gasteiger charge is 2.27. The van der Waals surface area contributed by atoms with Crippen LogP contribution in [0.15, 0.2) is 33.8 Å². The molecule has 3 aromatic heterocycles. The number of benzene rings is 1. The second-order valence-electron chi connectivity index (χ2n) is 8.96. The number of aliphatic hydroxyl groups is 2. The van der Waals surface area contributed by atoms with Crippen molar-refractivity contribution in [3.8, 4) is 11.5 Å². The van der Waals surface area contributed by atoms with Crippen molar-refractivity contribution in [2.24, 2.45) is 0 Å². The molecule has 5 rings (SSSR count). The zero-order valence-corrected chi connectivity index (χ0v) is 19.2. The van der Waals surface area contributed by atoms with Crippen LogP contribution in [0.2, 0.25) is 5.02 Å². The van der Waals surface area contributed by atoms with Crippen LogP contribution in [0.4, 0.5) is 0 Å². The summed E-state index contributed by atoms with van der Waals surface area (Å²) in [5.74, 6) is 0.176. The monoisotopic (exact) mass is 472 g/mol. The Labute approximate surface area is 194 Å². The molecule has 0 saturated carbocycles. The van der Waals surface area contributed by atoms with Gasteiger partial charge in [-0.3, -0.25) is 9.20 Å². The minimum Gasteiger partial charge on any atom is -0.393 e. The molecule has 10 nitrogen and oxygen atoms in total. The van der Waals surface area contributed by atoms with E-state index in [1.807, 2.05) is 6.07 Å². The molecule has 0 aliphatic carbocycles. The maximum atomic E-state index is 13.7. The fourth-order valence-corrected chi connectivity index (χ4v) is 4.39. The average molecular weight is 473 g/mol. The molecule has 1 fully saturated rings. The molecular formula is C22H25ClN6O4. The largest absolute Gasteiger partial charge is 0.393 e. The number of imidazole rings is 1. The van der Waals surface area contributed by atoms with Gasteiger partial charge in [-0.1, -0.05) is 16.8 Å². The first-order valence-electron chi connectivity index (χ1n) is 10.9. The van der Waals surface area contributed by atoms with Gasteiger partial charge in [-0.15, -0.1) is 0 Å². The number of likely N-dealkylation sites (tertiary alicyclic amines) is 1. The maximum Gasteiger partial charge on any atom is 0.277 e. The van der Waals surface area contributed by atoms with Crippen LogP contribution >= 0.6 is 11.6 Å². The summed E-state index contributed by atoms with van der Waals surface area (Å²) in [7, 11) is 0. The van der Waals surface area contributed by atoms with Crippen molar-refractivity contribution in [3.63, 3.8) is 0 Å². The predicted molar refractivity (Wildman–Crippen MR) is 122 cm³/mol. The molecule has 1 saturated heterocycles. The zero-order valence-electron chi connectivity index (χ0n) is 18.4. The lowest BCUT2D eigenvalue weighted by molar-refractivity contribution is 0.0420. The first-order valence-corrected chi connectivity index (χ1v) is 11.3. The molecule has 0 bridgehead atoms. The Bertz CT molecular complexity index is 1380. The van der Waals surface area contributed by atoms with Crippen LogP contribution in [0, 0.1) is 0 Å². The van der Waals surface area contributed by atoms with E-state index in [-0.39, 0.29) is 29.1 Å². The molecule has 0 unspecified atom stereocenters. The molecule has 2 N–H and O–H groups in total. The molecule has 1 aromatic carbocycles. The molecule has 174 valence electrons. The van der Waals surface area contributed by atoms with Crippen LogP contribution < -0.4 is 5.56 Å². The first-order chi connectivity index (χ1) is 15.7. The van der Waals surface area contributed by atoms with E-state index in [9.17, 15) is 15.0 Å². The number of nitrogens with zero attached hydrogens (tertiary/aromatic N) is 6. The normalized spacial score (nSPS) is 16.3. The third-order valence-corrected chi connectivity index (χ3v) is 6.30. The van der Waals surface area contributed by atoms with Gasteiger partial charge in [0, 0.05) is 31.2 Å². The summed E-state index contributed by atoms with van der Waals surface area (Å²) in [5.41, 5.74) is 0.517. The van der Waals surface area contributed by atoms with Crippen molar-refractivity contribution < 1.29 is 14.7 Å². The number of hydrogen-bond donors (Lipinski definition) is 2.